The van der Waals surface area contributed by atoms with Gasteiger partial charge in [0.05, 0.1) is 0 Å². The molecule has 0 aliphatic carbocycles. The van der Waals surface area contributed by atoms with Gasteiger partial charge in [0.2, 0.25) is 5.91 Å². The van der Waals surface area contributed by atoms with Crippen molar-refractivity contribution in [3.05, 3.63) is 71.8 Å². The molecule has 154 valence electrons. The zero-order valence-corrected chi connectivity index (χ0v) is 16.8. The maximum Gasteiger partial charge on any atom is 0.408 e. The van der Waals surface area contributed by atoms with E-state index in [-0.39, 0.29) is 18.6 Å². The number of amides is 2. The summed E-state index contributed by atoms with van der Waals surface area (Å²) in [6, 6.07) is 18.6. The fourth-order valence-corrected chi connectivity index (χ4v) is 3.42. The van der Waals surface area contributed by atoms with Crippen LogP contribution in [0.1, 0.15) is 24.0 Å². The van der Waals surface area contributed by atoms with Gasteiger partial charge in [-0.1, -0.05) is 60.7 Å². The predicted octanol–water partition coefficient (Wildman–Crippen LogP) is 2.73. The van der Waals surface area contributed by atoms with Crippen LogP contribution < -0.4 is 10.6 Å². The molecular formula is C23H29N3O3. The average molecular weight is 396 g/mol. The molecule has 0 radical (unpaired) electrons. The Kier molecular flexibility index (Phi) is 7.64. The van der Waals surface area contributed by atoms with E-state index in [1.165, 1.54) is 0 Å². The second kappa shape index (κ2) is 10.6. The van der Waals surface area contributed by atoms with Crippen LogP contribution in [0.5, 0.6) is 0 Å². The Bertz CT molecular complexity index is 774. The molecule has 0 aromatic heterocycles. The van der Waals surface area contributed by atoms with Gasteiger partial charge in [-0.05, 0) is 44.1 Å². The topological polar surface area (TPSA) is 70.7 Å². The summed E-state index contributed by atoms with van der Waals surface area (Å²) in [6.45, 7) is 2.09. The molecule has 1 saturated heterocycles. The SMILES string of the molecule is CN1CCC(NC(=O)C(Cc2ccccc2)NC(=O)OCc2ccccc2)CC1. The molecular weight excluding hydrogens is 366 g/mol. The van der Waals surface area contributed by atoms with Gasteiger partial charge >= 0.3 is 6.09 Å². The van der Waals surface area contributed by atoms with E-state index in [1.807, 2.05) is 60.7 Å². The first-order valence-corrected chi connectivity index (χ1v) is 10.1. The van der Waals surface area contributed by atoms with Gasteiger partial charge in [0.15, 0.2) is 0 Å². The molecule has 2 N–H and O–H groups in total. The van der Waals surface area contributed by atoms with Crippen molar-refractivity contribution in [2.24, 2.45) is 0 Å². The predicted molar refractivity (Wildman–Crippen MR) is 112 cm³/mol. The largest absolute Gasteiger partial charge is 0.445 e. The monoisotopic (exact) mass is 395 g/mol. The van der Waals surface area contributed by atoms with Crippen molar-refractivity contribution in [1.82, 2.24) is 15.5 Å². The number of piperidine rings is 1. The van der Waals surface area contributed by atoms with Gasteiger partial charge in [0.1, 0.15) is 12.6 Å². The Morgan fingerprint density at radius 2 is 1.59 bits per heavy atom. The normalized spacial score (nSPS) is 16.0. The molecule has 0 spiro atoms. The van der Waals surface area contributed by atoms with Crippen molar-refractivity contribution in [3.63, 3.8) is 0 Å². The molecule has 1 aliphatic heterocycles. The Balaban J connectivity index is 1.59. The molecule has 1 heterocycles. The summed E-state index contributed by atoms with van der Waals surface area (Å²) in [5.74, 6) is -0.167. The van der Waals surface area contributed by atoms with Crippen molar-refractivity contribution in [2.45, 2.75) is 38.0 Å². The molecule has 3 rings (SSSR count). The second-order valence-electron chi connectivity index (χ2n) is 7.53. The minimum atomic E-state index is -0.680. The van der Waals surface area contributed by atoms with Gasteiger partial charge in [-0.2, -0.15) is 0 Å². The Morgan fingerprint density at radius 1 is 1.00 bits per heavy atom. The number of rotatable bonds is 7. The number of likely N-dealkylation sites (tertiary alicyclic amines) is 1. The minimum Gasteiger partial charge on any atom is -0.445 e. The quantitative estimate of drug-likeness (QED) is 0.756. The van der Waals surface area contributed by atoms with Gasteiger partial charge in [0, 0.05) is 12.5 Å². The van der Waals surface area contributed by atoms with Crippen molar-refractivity contribution in [3.8, 4) is 0 Å². The van der Waals surface area contributed by atoms with Crippen molar-refractivity contribution >= 4 is 12.0 Å². The number of hydrogen-bond acceptors (Lipinski definition) is 4. The van der Waals surface area contributed by atoms with E-state index >= 15 is 0 Å². The smallest absolute Gasteiger partial charge is 0.408 e. The van der Waals surface area contributed by atoms with E-state index in [9.17, 15) is 9.59 Å². The number of ether oxygens (including phenoxy) is 1. The number of nitrogens with one attached hydrogen (secondary N) is 2. The first kappa shape index (κ1) is 20.9. The van der Waals surface area contributed by atoms with Crippen LogP contribution in [0.3, 0.4) is 0 Å². The van der Waals surface area contributed by atoms with E-state index in [2.05, 4.69) is 22.6 Å². The molecule has 1 aliphatic rings. The number of carbonyl (C=O) groups is 2. The second-order valence-corrected chi connectivity index (χ2v) is 7.53. The lowest BCUT2D eigenvalue weighted by atomic mass is 10.0. The number of nitrogens with zero attached hydrogens (tertiary/aromatic N) is 1. The standard InChI is InChI=1S/C23H29N3O3/c1-26-14-12-20(13-15-26)24-22(27)21(16-18-8-4-2-5-9-18)25-23(28)29-17-19-10-6-3-7-11-19/h2-11,20-21H,12-17H2,1H3,(H,24,27)(H,25,28). The summed E-state index contributed by atoms with van der Waals surface area (Å²) >= 11 is 0. The van der Waals surface area contributed by atoms with Crippen molar-refractivity contribution in [2.75, 3.05) is 20.1 Å². The first-order chi connectivity index (χ1) is 14.1. The van der Waals surface area contributed by atoms with Crippen LogP contribution in [-0.4, -0.2) is 49.1 Å². The fraction of sp³-hybridized carbons (Fsp3) is 0.391. The average Bonchev–Trinajstić information content (AvgIpc) is 2.75. The highest BCUT2D eigenvalue weighted by Gasteiger charge is 2.26. The van der Waals surface area contributed by atoms with Crippen LogP contribution >= 0.6 is 0 Å². The maximum absolute atomic E-state index is 12.9. The highest BCUT2D eigenvalue weighted by molar-refractivity contribution is 5.86. The molecule has 1 fully saturated rings. The lowest BCUT2D eigenvalue weighted by Gasteiger charge is -2.30. The molecule has 1 unspecified atom stereocenters. The highest BCUT2D eigenvalue weighted by Crippen LogP contribution is 2.10. The number of alkyl carbamates (subject to hydrolysis) is 1. The van der Waals surface area contributed by atoms with E-state index in [4.69, 9.17) is 4.74 Å². The zero-order valence-electron chi connectivity index (χ0n) is 16.8. The molecule has 1 atom stereocenters. The van der Waals surface area contributed by atoms with Gasteiger partial charge < -0.3 is 20.3 Å². The molecule has 2 aromatic rings. The third-order valence-corrected chi connectivity index (χ3v) is 5.17. The molecule has 6 nitrogen and oxygen atoms in total. The third kappa shape index (κ3) is 6.91. The lowest BCUT2D eigenvalue weighted by Crippen LogP contribution is -2.52. The Hall–Kier alpha value is -2.86. The first-order valence-electron chi connectivity index (χ1n) is 10.1. The highest BCUT2D eigenvalue weighted by atomic mass is 16.5. The Labute approximate surface area is 172 Å². The molecule has 2 aromatic carbocycles. The molecule has 2 amide bonds. The molecule has 6 heteroatoms. The number of carbonyl (C=O) groups excluding carboxylic acids is 2. The van der Waals surface area contributed by atoms with Crippen molar-refractivity contribution < 1.29 is 14.3 Å². The van der Waals surface area contributed by atoms with Crippen LogP contribution in [0.25, 0.3) is 0 Å². The van der Waals surface area contributed by atoms with Gasteiger partial charge in [-0.15, -0.1) is 0 Å². The van der Waals surface area contributed by atoms with E-state index in [0.717, 1.165) is 37.1 Å². The van der Waals surface area contributed by atoms with E-state index < -0.39 is 12.1 Å². The van der Waals surface area contributed by atoms with Gasteiger partial charge in [-0.25, -0.2) is 4.79 Å². The zero-order chi connectivity index (χ0) is 20.5. The summed E-state index contributed by atoms with van der Waals surface area (Å²) in [4.78, 5) is 27.5. The summed E-state index contributed by atoms with van der Waals surface area (Å²) in [6.07, 6.45) is 1.66. The van der Waals surface area contributed by atoms with Gasteiger partial charge in [-0.3, -0.25) is 4.79 Å². The third-order valence-electron chi connectivity index (χ3n) is 5.17. The lowest BCUT2D eigenvalue weighted by molar-refractivity contribution is -0.124. The van der Waals surface area contributed by atoms with Crippen LogP contribution in [0.4, 0.5) is 4.79 Å². The van der Waals surface area contributed by atoms with E-state index in [0.29, 0.717) is 6.42 Å². The summed E-state index contributed by atoms with van der Waals surface area (Å²) in [5, 5.41) is 5.85. The van der Waals surface area contributed by atoms with Crippen LogP contribution in [0, 0.1) is 0 Å². The van der Waals surface area contributed by atoms with Crippen LogP contribution in [0.15, 0.2) is 60.7 Å². The van der Waals surface area contributed by atoms with Crippen LogP contribution in [0.2, 0.25) is 0 Å². The minimum absolute atomic E-state index is 0.138. The summed E-state index contributed by atoms with van der Waals surface area (Å²) < 4.78 is 5.31. The summed E-state index contributed by atoms with van der Waals surface area (Å²) in [7, 11) is 2.08. The van der Waals surface area contributed by atoms with E-state index in [1.54, 1.807) is 0 Å². The maximum atomic E-state index is 12.9. The number of benzene rings is 2. The fourth-order valence-electron chi connectivity index (χ4n) is 3.42. The van der Waals surface area contributed by atoms with Crippen molar-refractivity contribution in [1.29, 1.82) is 0 Å². The summed E-state index contributed by atoms with van der Waals surface area (Å²) in [5.41, 5.74) is 1.89. The van der Waals surface area contributed by atoms with Crippen LogP contribution in [-0.2, 0) is 22.6 Å². The molecule has 0 bridgehead atoms. The van der Waals surface area contributed by atoms with Gasteiger partial charge in [0.25, 0.3) is 0 Å². The number of hydrogen-bond donors (Lipinski definition) is 2. The Morgan fingerprint density at radius 3 is 2.21 bits per heavy atom. The molecule has 29 heavy (non-hydrogen) atoms. The molecule has 0 saturated carbocycles.